The van der Waals surface area contributed by atoms with Crippen LogP contribution in [0, 0.1) is 17.0 Å². The molecular formula is C15H10N6O4S. The number of benzene rings is 1. The highest BCUT2D eigenvalue weighted by atomic mass is 32.1. The third-order valence-corrected chi connectivity index (χ3v) is 4.48. The molecule has 4 aromatic rings. The van der Waals surface area contributed by atoms with Crippen molar-refractivity contribution in [2.75, 3.05) is 5.32 Å². The first-order valence-electron chi connectivity index (χ1n) is 7.37. The molecule has 1 N–H and O–H groups in total. The number of nitrogens with one attached hydrogen (secondary N) is 1. The maximum absolute atomic E-state index is 12.3. The van der Waals surface area contributed by atoms with Gasteiger partial charge in [-0.3, -0.25) is 14.9 Å². The van der Waals surface area contributed by atoms with E-state index in [0.717, 1.165) is 6.07 Å². The van der Waals surface area contributed by atoms with E-state index in [-0.39, 0.29) is 5.76 Å². The van der Waals surface area contributed by atoms with Crippen LogP contribution in [0.5, 0.6) is 0 Å². The van der Waals surface area contributed by atoms with Gasteiger partial charge in [-0.2, -0.15) is 9.61 Å². The maximum Gasteiger partial charge on any atom is 0.433 e. The van der Waals surface area contributed by atoms with Crippen molar-refractivity contribution in [3.8, 4) is 10.6 Å². The molecule has 1 amide bonds. The normalized spacial score (nSPS) is 11.0. The van der Waals surface area contributed by atoms with E-state index in [1.165, 1.54) is 17.4 Å². The molecule has 0 radical (unpaired) electrons. The molecule has 0 spiro atoms. The Kier molecular flexibility index (Phi) is 3.69. The lowest BCUT2D eigenvalue weighted by molar-refractivity contribution is -0.402. The summed E-state index contributed by atoms with van der Waals surface area (Å²) >= 11 is 1.33. The Labute approximate surface area is 149 Å². The van der Waals surface area contributed by atoms with Crippen molar-refractivity contribution < 1.29 is 14.1 Å². The number of rotatable bonds is 4. The first-order chi connectivity index (χ1) is 12.5. The van der Waals surface area contributed by atoms with Gasteiger partial charge < -0.3 is 9.73 Å². The molecule has 1 aromatic carbocycles. The third kappa shape index (κ3) is 2.69. The van der Waals surface area contributed by atoms with Gasteiger partial charge in [0, 0.05) is 5.56 Å². The number of para-hydroxylation sites is 1. The Morgan fingerprint density at radius 3 is 2.81 bits per heavy atom. The fraction of sp³-hybridized carbons (Fsp3) is 0.0667. The van der Waals surface area contributed by atoms with Crippen LogP contribution >= 0.6 is 11.3 Å². The van der Waals surface area contributed by atoms with Crippen molar-refractivity contribution in [1.29, 1.82) is 0 Å². The quantitative estimate of drug-likeness (QED) is 0.432. The number of aryl methyl sites for hydroxylation is 1. The van der Waals surface area contributed by atoms with Crippen molar-refractivity contribution >= 4 is 33.8 Å². The standard InChI is InChI=1S/C15H10N6O4S/c1-8-17-18-15-20(8)19-14(26-15)9-4-2-3-5-10(9)16-13(22)11-6-7-12(25-11)21(23)24/h2-7H,1H3,(H,16,22). The van der Waals surface area contributed by atoms with E-state index < -0.39 is 16.7 Å². The Morgan fingerprint density at radius 2 is 2.08 bits per heavy atom. The van der Waals surface area contributed by atoms with E-state index in [1.54, 1.807) is 29.6 Å². The lowest BCUT2D eigenvalue weighted by Gasteiger charge is -2.07. The number of fused-ring (bicyclic) bond motifs is 1. The number of carbonyl (C=O) groups excluding carboxylic acids is 1. The van der Waals surface area contributed by atoms with Gasteiger partial charge in [-0.15, -0.1) is 10.2 Å². The summed E-state index contributed by atoms with van der Waals surface area (Å²) in [7, 11) is 0. The minimum absolute atomic E-state index is 0.152. The number of nitro groups is 1. The maximum atomic E-state index is 12.3. The first kappa shape index (κ1) is 15.9. The Balaban J connectivity index is 1.66. The van der Waals surface area contributed by atoms with Crippen molar-refractivity contribution in [1.82, 2.24) is 19.8 Å². The fourth-order valence-corrected chi connectivity index (χ4v) is 3.26. The van der Waals surface area contributed by atoms with E-state index in [2.05, 4.69) is 20.6 Å². The molecule has 26 heavy (non-hydrogen) atoms. The smallest absolute Gasteiger partial charge is 0.395 e. The Morgan fingerprint density at radius 1 is 1.27 bits per heavy atom. The number of hydrogen-bond donors (Lipinski definition) is 1. The van der Waals surface area contributed by atoms with Gasteiger partial charge in [0.25, 0.3) is 5.91 Å². The van der Waals surface area contributed by atoms with Crippen molar-refractivity contribution in [2.24, 2.45) is 0 Å². The molecular weight excluding hydrogens is 360 g/mol. The largest absolute Gasteiger partial charge is 0.433 e. The molecule has 0 unspecified atom stereocenters. The minimum atomic E-state index is -0.702. The molecule has 0 atom stereocenters. The molecule has 0 aliphatic carbocycles. The second-order valence-electron chi connectivity index (χ2n) is 5.24. The first-order valence-corrected chi connectivity index (χ1v) is 8.18. The highest BCUT2D eigenvalue weighted by molar-refractivity contribution is 7.19. The van der Waals surface area contributed by atoms with Crippen LogP contribution < -0.4 is 5.32 Å². The van der Waals surface area contributed by atoms with E-state index in [9.17, 15) is 14.9 Å². The number of anilines is 1. The van der Waals surface area contributed by atoms with Crippen molar-refractivity contribution in [3.05, 3.63) is 58.1 Å². The van der Waals surface area contributed by atoms with Crippen LogP contribution in [-0.4, -0.2) is 30.6 Å². The van der Waals surface area contributed by atoms with Crippen LogP contribution in [0.2, 0.25) is 0 Å². The predicted molar refractivity (Wildman–Crippen MR) is 92.1 cm³/mol. The number of amides is 1. The van der Waals surface area contributed by atoms with Crippen molar-refractivity contribution in [2.45, 2.75) is 6.92 Å². The molecule has 130 valence electrons. The van der Waals surface area contributed by atoms with E-state index >= 15 is 0 Å². The lowest BCUT2D eigenvalue weighted by atomic mass is 10.2. The summed E-state index contributed by atoms with van der Waals surface area (Å²) in [5, 5.41) is 26.5. The van der Waals surface area contributed by atoms with Gasteiger partial charge in [0.15, 0.2) is 11.6 Å². The zero-order chi connectivity index (χ0) is 18.3. The Hall–Kier alpha value is -3.60. The molecule has 0 aliphatic rings. The zero-order valence-corrected chi connectivity index (χ0v) is 14.1. The number of aromatic nitrogens is 4. The number of hydrogen-bond acceptors (Lipinski definition) is 8. The molecule has 11 heteroatoms. The van der Waals surface area contributed by atoms with Gasteiger partial charge in [0.1, 0.15) is 9.93 Å². The summed E-state index contributed by atoms with van der Waals surface area (Å²) < 4.78 is 6.55. The molecule has 0 fully saturated rings. The summed E-state index contributed by atoms with van der Waals surface area (Å²) in [6.07, 6.45) is 0. The molecule has 0 bridgehead atoms. The molecule has 4 rings (SSSR count). The average molecular weight is 370 g/mol. The summed E-state index contributed by atoms with van der Waals surface area (Å²) in [5.74, 6) is -0.579. The molecule has 0 aliphatic heterocycles. The van der Waals surface area contributed by atoms with Gasteiger partial charge in [-0.25, -0.2) is 0 Å². The highest BCUT2D eigenvalue weighted by Gasteiger charge is 2.19. The summed E-state index contributed by atoms with van der Waals surface area (Å²) in [4.78, 5) is 23.0. The van der Waals surface area contributed by atoms with E-state index in [0.29, 0.717) is 27.0 Å². The van der Waals surface area contributed by atoms with Gasteiger partial charge in [-0.1, -0.05) is 23.5 Å². The second kappa shape index (κ2) is 6.04. The van der Waals surface area contributed by atoms with Crippen LogP contribution in [0.25, 0.3) is 15.5 Å². The second-order valence-corrected chi connectivity index (χ2v) is 6.20. The zero-order valence-electron chi connectivity index (χ0n) is 13.2. The fourth-order valence-electron chi connectivity index (χ4n) is 2.33. The third-order valence-electron chi connectivity index (χ3n) is 3.55. The molecule has 3 heterocycles. The van der Waals surface area contributed by atoms with Crippen LogP contribution in [0.1, 0.15) is 16.4 Å². The minimum Gasteiger partial charge on any atom is -0.395 e. The molecule has 0 saturated heterocycles. The topological polar surface area (TPSA) is 128 Å². The van der Waals surface area contributed by atoms with Gasteiger partial charge in [0.2, 0.25) is 4.96 Å². The van der Waals surface area contributed by atoms with Gasteiger partial charge in [0.05, 0.1) is 11.8 Å². The lowest BCUT2D eigenvalue weighted by Crippen LogP contribution is -2.11. The number of carbonyl (C=O) groups is 1. The average Bonchev–Trinajstić information content (AvgIpc) is 3.33. The number of furan rings is 1. The summed E-state index contributed by atoms with van der Waals surface area (Å²) in [6, 6.07) is 9.48. The summed E-state index contributed by atoms with van der Waals surface area (Å²) in [6.45, 7) is 1.79. The monoisotopic (exact) mass is 370 g/mol. The van der Waals surface area contributed by atoms with Gasteiger partial charge in [-0.05, 0) is 25.1 Å². The SMILES string of the molecule is Cc1nnc2sc(-c3ccccc3NC(=O)c3ccc([N+](=O)[O-])o3)nn12. The van der Waals surface area contributed by atoms with Crippen LogP contribution in [0.4, 0.5) is 11.6 Å². The summed E-state index contributed by atoms with van der Waals surface area (Å²) in [5.41, 5.74) is 1.19. The Bertz CT molecular complexity index is 1140. The highest BCUT2D eigenvalue weighted by Crippen LogP contribution is 2.31. The predicted octanol–water partition coefficient (Wildman–Crippen LogP) is 2.91. The molecule has 0 saturated carbocycles. The molecule has 3 aromatic heterocycles. The van der Waals surface area contributed by atoms with E-state index in [1.807, 2.05) is 6.07 Å². The molecule has 10 nitrogen and oxygen atoms in total. The van der Waals surface area contributed by atoms with Crippen LogP contribution in [-0.2, 0) is 0 Å². The van der Waals surface area contributed by atoms with Crippen LogP contribution in [0.15, 0.2) is 40.8 Å². The van der Waals surface area contributed by atoms with Gasteiger partial charge >= 0.3 is 5.88 Å². The number of nitrogens with zero attached hydrogens (tertiary/aromatic N) is 5. The van der Waals surface area contributed by atoms with Crippen molar-refractivity contribution in [3.63, 3.8) is 0 Å². The van der Waals surface area contributed by atoms with E-state index in [4.69, 9.17) is 4.42 Å². The van der Waals surface area contributed by atoms with Crippen LogP contribution in [0.3, 0.4) is 0 Å².